The second-order valence-corrected chi connectivity index (χ2v) is 5.13. The number of nitrogens with zero attached hydrogens (tertiary/aromatic N) is 1. The molecule has 5 heteroatoms. The molecule has 0 radical (unpaired) electrons. The van der Waals surface area contributed by atoms with E-state index >= 15 is 0 Å². The van der Waals surface area contributed by atoms with Crippen LogP contribution >= 0.6 is 11.6 Å². The van der Waals surface area contributed by atoms with Gasteiger partial charge >= 0.3 is 0 Å². The lowest BCUT2D eigenvalue weighted by Gasteiger charge is -2.28. The van der Waals surface area contributed by atoms with Crippen LogP contribution in [-0.2, 0) is 6.54 Å². The molecule has 0 saturated carbocycles. The third-order valence-corrected chi connectivity index (χ3v) is 3.92. The number of rotatable bonds is 4. The summed E-state index contributed by atoms with van der Waals surface area (Å²) in [7, 11) is 3.29. The predicted octanol–water partition coefficient (Wildman–Crippen LogP) is 2.07. The van der Waals surface area contributed by atoms with Gasteiger partial charge < -0.3 is 14.8 Å². The Labute approximate surface area is 119 Å². The zero-order valence-corrected chi connectivity index (χ0v) is 12.5. The van der Waals surface area contributed by atoms with Crippen molar-refractivity contribution in [3.05, 3.63) is 22.2 Å². The molecule has 0 amide bonds. The largest absolute Gasteiger partial charge is 0.493 e. The van der Waals surface area contributed by atoms with Gasteiger partial charge in [-0.25, -0.2) is 0 Å². The van der Waals surface area contributed by atoms with Gasteiger partial charge in [-0.1, -0.05) is 11.6 Å². The van der Waals surface area contributed by atoms with Crippen LogP contribution in [-0.4, -0.2) is 45.3 Å². The van der Waals surface area contributed by atoms with Crippen LogP contribution in [0.25, 0.3) is 0 Å². The molecule has 1 fully saturated rings. The molecule has 19 heavy (non-hydrogen) atoms. The van der Waals surface area contributed by atoms with E-state index in [-0.39, 0.29) is 0 Å². The Morgan fingerprint density at radius 3 is 2.53 bits per heavy atom. The average molecular weight is 285 g/mol. The maximum atomic E-state index is 6.38. The van der Waals surface area contributed by atoms with E-state index in [1.54, 1.807) is 14.2 Å². The molecule has 0 bridgehead atoms. The highest BCUT2D eigenvalue weighted by molar-refractivity contribution is 6.31. The van der Waals surface area contributed by atoms with Gasteiger partial charge in [0.25, 0.3) is 0 Å². The Morgan fingerprint density at radius 2 is 1.95 bits per heavy atom. The quantitative estimate of drug-likeness (QED) is 0.918. The highest BCUT2D eigenvalue weighted by atomic mass is 35.5. The highest BCUT2D eigenvalue weighted by Crippen LogP contribution is 2.38. The van der Waals surface area contributed by atoms with E-state index < -0.39 is 0 Å². The molecule has 1 N–H and O–H groups in total. The summed E-state index contributed by atoms with van der Waals surface area (Å²) in [6.45, 7) is 7.04. The van der Waals surface area contributed by atoms with Crippen molar-refractivity contribution in [3.8, 4) is 11.5 Å². The lowest BCUT2D eigenvalue weighted by atomic mass is 10.1. The number of methoxy groups -OCH3 is 2. The highest BCUT2D eigenvalue weighted by Gasteiger charge is 2.18. The molecule has 2 rings (SSSR count). The molecule has 0 unspecified atom stereocenters. The molecule has 1 heterocycles. The molecule has 0 spiro atoms. The Balaban J connectivity index is 2.28. The number of ether oxygens (including phenoxy) is 2. The lowest BCUT2D eigenvalue weighted by Crippen LogP contribution is -2.43. The van der Waals surface area contributed by atoms with Gasteiger partial charge in [0, 0.05) is 49.4 Å². The van der Waals surface area contributed by atoms with E-state index in [1.165, 1.54) is 0 Å². The first kappa shape index (κ1) is 14.4. The summed E-state index contributed by atoms with van der Waals surface area (Å²) in [6.07, 6.45) is 0. The minimum Gasteiger partial charge on any atom is -0.493 e. The molecule has 0 aromatic heterocycles. The third-order valence-electron chi connectivity index (χ3n) is 3.58. The lowest BCUT2D eigenvalue weighted by molar-refractivity contribution is 0.232. The molecule has 1 aromatic carbocycles. The minimum atomic E-state index is 0.689. The van der Waals surface area contributed by atoms with Crippen LogP contribution in [0, 0.1) is 6.92 Å². The van der Waals surface area contributed by atoms with Crippen LogP contribution in [0.4, 0.5) is 0 Å². The second-order valence-electron chi connectivity index (χ2n) is 4.72. The summed E-state index contributed by atoms with van der Waals surface area (Å²) >= 11 is 6.38. The third kappa shape index (κ3) is 3.14. The summed E-state index contributed by atoms with van der Waals surface area (Å²) in [5, 5.41) is 4.10. The number of piperazine rings is 1. The van der Waals surface area contributed by atoms with Gasteiger partial charge in [-0.15, -0.1) is 0 Å². The summed E-state index contributed by atoms with van der Waals surface area (Å²) in [5.74, 6) is 1.46. The molecule has 1 aliphatic heterocycles. The Morgan fingerprint density at radius 1 is 1.26 bits per heavy atom. The molecule has 1 aromatic rings. The van der Waals surface area contributed by atoms with E-state index in [9.17, 15) is 0 Å². The smallest absolute Gasteiger partial charge is 0.164 e. The molecule has 0 atom stereocenters. The minimum absolute atomic E-state index is 0.689. The van der Waals surface area contributed by atoms with Crippen LogP contribution in [0.1, 0.15) is 11.1 Å². The summed E-state index contributed by atoms with van der Waals surface area (Å²) < 4.78 is 10.7. The first-order valence-electron chi connectivity index (χ1n) is 6.50. The van der Waals surface area contributed by atoms with E-state index in [1.807, 2.05) is 13.0 Å². The van der Waals surface area contributed by atoms with Crippen molar-refractivity contribution in [1.29, 1.82) is 0 Å². The Hall–Kier alpha value is -0.970. The van der Waals surface area contributed by atoms with Gasteiger partial charge in [0.1, 0.15) is 0 Å². The normalized spacial score (nSPS) is 16.4. The number of benzene rings is 1. The molecule has 106 valence electrons. The molecular formula is C14H21ClN2O2. The van der Waals surface area contributed by atoms with Crippen LogP contribution in [0.2, 0.25) is 5.02 Å². The Kier molecular flexibility index (Phi) is 4.91. The molecular weight excluding hydrogens is 264 g/mol. The maximum absolute atomic E-state index is 6.38. The second kappa shape index (κ2) is 6.46. The number of nitrogens with one attached hydrogen (secondary N) is 1. The molecule has 1 saturated heterocycles. The van der Waals surface area contributed by atoms with Gasteiger partial charge in [-0.3, -0.25) is 4.90 Å². The fraction of sp³-hybridized carbons (Fsp3) is 0.571. The van der Waals surface area contributed by atoms with Crippen molar-refractivity contribution in [2.24, 2.45) is 0 Å². The summed E-state index contributed by atoms with van der Waals surface area (Å²) in [6, 6.07) is 1.84. The summed E-state index contributed by atoms with van der Waals surface area (Å²) in [5.41, 5.74) is 2.19. The fourth-order valence-corrected chi connectivity index (χ4v) is 2.76. The van der Waals surface area contributed by atoms with Crippen molar-refractivity contribution in [2.45, 2.75) is 13.5 Å². The van der Waals surface area contributed by atoms with Crippen LogP contribution in [0.3, 0.4) is 0 Å². The van der Waals surface area contributed by atoms with Crippen molar-refractivity contribution in [1.82, 2.24) is 10.2 Å². The first-order chi connectivity index (χ1) is 9.17. The van der Waals surface area contributed by atoms with E-state index in [0.29, 0.717) is 5.75 Å². The fourth-order valence-electron chi connectivity index (χ4n) is 2.46. The zero-order valence-electron chi connectivity index (χ0n) is 11.8. The monoisotopic (exact) mass is 284 g/mol. The zero-order chi connectivity index (χ0) is 13.8. The summed E-state index contributed by atoms with van der Waals surface area (Å²) in [4.78, 5) is 2.40. The van der Waals surface area contributed by atoms with Gasteiger partial charge in [0.05, 0.1) is 14.2 Å². The van der Waals surface area contributed by atoms with E-state index in [0.717, 1.165) is 54.6 Å². The van der Waals surface area contributed by atoms with E-state index in [4.69, 9.17) is 21.1 Å². The number of halogens is 1. The predicted molar refractivity (Wildman–Crippen MR) is 77.4 cm³/mol. The van der Waals surface area contributed by atoms with Crippen LogP contribution < -0.4 is 14.8 Å². The van der Waals surface area contributed by atoms with Crippen LogP contribution in [0.5, 0.6) is 11.5 Å². The van der Waals surface area contributed by atoms with Crippen molar-refractivity contribution in [3.63, 3.8) is 0 Å². The first-order valence-corrected chi connectivity index (χ1v) is 6.88. The molecule has 4 nitrogen and oxygen atoms in total. The van der Waals surface area contributed by atoms with Crippen molar-refractivity contribution < 1.29 is 9.47 Å². The number of hydrogen-bond acceptors (Lipinski definition) is 4. The molecule has 1 aliphatic rings. The topological polar surface area (TPSA) is 33.7 Å². The Bertz CT molecular complexity index is 446. The van der Waals surface area contributed by atoms with Gasteiger partial charge in [-0.05, 0) is 12.5 Å². The maximum Gasteiger partial charge on any atom is 0.164 e. The average Bonchev–Trinajstić information content (AvgIpc) is 2.44. The van der Waals surface area contributed by atoms with Gasteiger partial charge in [-0.2, -0.15) is 0 Å². The molecule has 0 aliphatic carbocycles. The van der Waals surface area contributed by atoms with Crippen molar-refractivity contribution in [2.75, 3.05) is 40.4 Å². The van der Waals surface area contributed by atoms with Gasteiger partial charge in [0.2, 0.25) is 0 Å². The van der Waals surface area contributed by atoms with Crippen molar-refractivity contribution >= 4 is 11.6 Å². The van der Waals surface area contributed by atoms with Gasteiger partial charge in [0.15, 0.2) is 11.5 Å². The van der Waals surface area contributed by atoms with Crippen LogP contribution in [0.15, 0.2) is 6.07 Å². The SMILES string of the molecule is COc1cc(Cl)c(CN2CCNCC2)c(C)c1OC. The van der Waals surface area contributed by atoms with E-state index in [2.05, 4.69) is 10.2 Å². The number of hydrogen-bond donors (Lipinski definition) is 1. The standard InChI is InChI=1S/C14H21ClN2O2/c1-10-11(9-17-6-4-16-5-7-17)12(15)8-13(18-2)14(10)19-3/h8,16H,4-7,9H2,1-3H3.